The summed E-state index contributed by atoms with van der Waals surface area (Å²) >= 11 is 6.08. The Hall–Kier alpha value is -7.42. The number of hydrogen-bond acceptors (Lipinski definition) is 16. The van der Waals surface area contributed by atoms with Gasteiger partial charge in [0, 0.05) is 41.4 Å². The van der Waals surface area contributed by atoms with Gasteiger partial charge in [-0.3, -0.25) is 43.2 Å². The molecule has 0 spiro atoms. The van der Waals surface area contributed by atoms with Gasteiger partial charge in [-0.15, -0.1) is 0 Å². The number of hydrogen-bond donors (Lipinski definition) is 13. The highest BCUT2D eigenvalue weighted by Crippen LogP contribution is 2.24. The third-order valence-corrected chi connectivity index (χ3v) is 15.4. The minimum Gasteiger partial charge on any atom is -0.508 e. The van der Waals surface area contributed by atoms with Crippen LogP contribution >= 0.6 is 33.2 Å². The molecule has 0 aliphatic carbocycles. The molecule has 0 saturated carbocycles. The van der Waals surface area contributed by atoms with Crippen LogP contribution in [0.25, 0.3) is 0 Å². The van der Waals surface area contributed by atoms with E-state index in [1.54, 1.807) is 48.5 Å². The monoisotopic (exact) mass is 1160 g/mol. The second-order valence-electron chi connectivity index (χ2n) is 19.0. The molecule has 9 amide bonds. The molecular formula is C54H68ClN11O12S2. The molecule has 9 atom stereocenters. The van der Waals surface area contributed by atoms with Crippen molar-refractivity contribution >= 4 is 86.4 Å². The summed E-state index contributed by atoms with van der Waals surface area (Å²) in [6, 6.07) is 13.3. The summed E-state index contributed by atoms with van der Waals surface area (Å²) in [6.07, 6.45) is -1.45. The number of ether oxygens (including phenoxy) is 1. The summed E-state index contributed by atoms with van der Waals surface area (Å²) in [5, 5.41) is 39.8. The van der Waals surface area contributed by atoms with Gasteiger partial charge in [0.05, 0.1) is 19.3 Å². The van der Waals surface area contributed by atoms with Crippen LogP contribution in [0.3, 0.4) is 0 Å². The zero-order valence-electron chi connectivity index (χ0n) is 44.0. The van der Waals surface area contributed by atoms with E-state index >= 15 is 0 Å². The van der Waals surface area contributed by atoms with Crippen LogP contribution in [0.2, 0.25) is 5.02 Å². The zero-order valence-corrected chi connectivity index (χ0v) is 46.4. The summed E-state index contributed by atoms with van der Waals surface area (Å²) < 4.78 is 5.32. The van der Waals surface area contributed by atoms with Crippen LogP contribution in [-0.2, 0) is 64.0 Å². The van der Waals surface area contributed by atoms with Crippen LogP contribution in [0.4, 0.5) is 0 Å². The summed E-state index contributed by atoms with van der Waals surface area (Å²) in [7, 11) is 3.40. The lowest BCUT2D eigenvalue weighted by Crippen LogP contribution is -2.62. The quantitative estimate of drug-likeness (QED) is 0.0393. The van der Waals surface area contributed by atoms with E-state index in [1.165, 1.54) is 62.6 Å². The molecule has 430 valence electrons. The number of rotatable bonds is 20. The van der Waals surface area contributed by atoms with Crippen molar-refractivity contribution in [3.05, 3.63) is 130 Å². The van der Waals surface area contributed by atoms with Crippen molar-refractivity contribution in [3.8, 4) is 11.5 Å². The molecule has 0 aromatic heterocycles. The lowest BCUT2D eigenvalue weighted by Gasteiger charge is -2.29. The molecule has 17 N–H and O–H groups in total. The standard InChI is InChI=1S/C54H68ClN11O12S2/c1-29(67)45-54(77)65-44(52(75)61-40(47(59)70)24-32-10-18-36(68)19-11-32)28-80-79-27-43(64-48(71)38(57)23-30-8-16-35(55)17-9-30)53(76)63-42(26-33-12-20-37(78-2)21-13-33)51(74)62-41(25-31-6-14-34(15-7-31)46(58)69)50(73)60-39(49(72)66-45)5-3-4-22-56/h6-21,29,38-45,67-68H,3-5,22-28,56-57H2,1-2H3,(H2,58,69)(H2,59,70)(H,60,73)(H,61,75)(H,62,74)(H,63,76)(H,64,71)(H,65,77)(H,66,72)/t29?,38-,39-,40+,41+,42-,43+,44-,45?/m0/s1. The Kier molecular flexibility index (Phi) is 24.9. The number of unbranched alkanes of at least 4 members (excludes halogenated alkanes) is 1. The number of aliphatic hydroxyl groups is 1. The summed E-state index contributed by atoms with van der Waals surface area (Å²) in [4.78, 5) is 126. The highest BCUT2D eigenvalue weighted by Gasteiger charge is 2.36. The maximum absolute atomic E-state index is 14.8. The van der Waals surface area contributed by atoms with E-state index in [9.17, 15) is 53.4 Å². The molecule has 5 rings (SSSR count). The first-order valence-electron chi connectivity index (χ1n) is 25.5. The molecular weight excluding hydrogens is 1090 g/mol. The number of carbonyl (C=O) groups excluding carboxylic acids is 9. The molecule has 4 aromatic rings. The third kappa shape index (κ3) is 20.0. The fourth-order valence-electron chi connectivity index (χ4n) is 8.16. The number of nitrogens with two attached hydrogens (primary N) is 4. The van der Waals surface area contributed by atoms with Gasteiger partial charge in [0.2, 0.25) is 53.2 Å². The lowest BCUT2D eigenvalue weighted by molar-refractivity contribution is -0.136. The number of halogens is 1. The van der Waals surface area contributed by atoms with Gasteiger partial charge >= 0.3 is 0 Å². The first kappa shape index (κ1) is 63.4. The van der Waals surface area contributed by atoms with E-state index in [0.29, 0.717) is 39.4 Å². The first-order valence-corrected chi connectivity index (χ1v) is 28.3. The second kappa shape index (κ2) is 31.4. The predicted octanol–water partition coefficient (Wildman–Crippen LogP) is -0.465. The van der Waals surface area contributed by atoms with Gasteiger partial charge in [-0.25, -0.2) is 0 Å². The molecule has 1 aliphatic heterocycles. The number of aromatic hydroxyl groups is 1. The van der Waals surface area contributed by atoms with Crippen molar-refractivity contribution in [2.75, 3.05) is 25.2 Å². The Morgan fingerprint density at radius 2 is 1.21 bits per heavy atom. The SMILES string of the molecule is COc1ccc(C[C@@H]2NC(=O)[C@H](NC(=O)[C@@H](N)Cc3ccc(Cl)cc3)CSSC[C@@H](C(=O)N[C@H](Cc3ccc(O)cc3)C(N)=O)NC(=O)C(C(C)O)NC(=O)[C@H](CCCCN)NC(=O)[C@@H](Cc3ccc(C(N)=O)cc3)NC2=O)cc1. The largest absolute Gasteiger partial charge is 0.508 e. The smallest absolute Gasteiger partial charge is 0.248 e. The van der Waals surface area contributed by atoms with E-state index < -0.39 is 108 Å². The van der Waals surface area contributed by atoms with Crippen molar-refractivity contribution in [2.45, 2.75) is 106 Å². The Labute approximate surface area is 475 Å². The number of methoxy groups -OCH3 is 1. The van der Waals surface area contributed by atoms with Crippen LogP contribution in [0.1, 0.15) is 58.8 Å². The molecule has 0 radical (unpaired) electrons. The van der Waals surface area contributed by atoms with Crippen molar-refractivity contribution in [3.63, 3.8) is 0 Å². The molecule has 1 heterocycles. The summed E-state index contributed by atoms with van der Waals surface area (Å²) in [5.41, 5.74) is 25.7. The van der Waals surface area contributed by atoms with Crippen LogP contribution in [-0.4, -0.2) is 143 Å². The topological polar surface area (TPSA) is 392 Å². The normalized spacial score (nSPS) is 20.9. The van der Waals surface area contributed by atoms with Gasteiger partial charge in [-0.05, 0) is 110 Å². The van der Waals surface area contributed by atoms with Crippen LogP contribution in [0.5, 0.6) is 11.5 Å². The van der Waals surface area contributed by atoms with Gasteiger partial charge in [-0.2, -0.15) is 0 Å². The number of aliphatic hydroxyl groups excluding tert-OH is 1. The fraction of sp³-hybridized carbons (Fsp3) is 0.389. The summed E-state index contributed by atoms with van der Waals surface area (Å²) in [5.74, 6) is -8.03. The van der Waals surface area contributed by atoms with E-state index in [4.69, 9.17) is 39.3 Å². The van der Waals surface area contributed by atoms with E-state index in [2.05, 4.69) is 37.2 Å². The van der Waals surface area contributed by atoms with E-state index in [-0.39, 0.29) is 67.9 Å². The fourth-order valence-corrected chi connectivity index (χ4v) is 10.6. The Bertz CT molecular complexity index is 2780. The zero-order chi connectivity index (χ0) is 58.5. The Morgan fingerprint density at radius 1 is 0.688 bits per heavy atom. The van der Waals surface area contributed by atoms with Crippen LogP contribution in [0.15, 0.2) is 97.1 Å². The highest BCUT2D eigenvalue weighted by molar-refractivity contribution is 8.76. The molecule has 26 heteroatoms. The molecule has 4 aromatic carbocycles. The second-order valence-corrected chi connectivity index (χ2v) is 22.0. The lowest BCUT2D eigenvalue weighted by atomic mass is 10.00. The van der Waals surface area contributed by atoms with Gasteiger partial charge in [-0.1, -0.05) is 81.7 Å². The molecule has 0 bridgehead atoms. The maximum Gasteiger partial charge on any atom is 0.248 e. The first-order chi connectivity index (χ1) is 38.1. The van der Waals surface area contributed by atoms with Crippen LogP contribution in [0, 0.1) is 0 Å². The highest BCUT2D eigenvalue weighted by atomic mass is 35.5. The Balaban J connectivity index is 1.58. The maximum atomic E-state index is 14.8. The average Bonchev–Trinajstić information content (AvgIpc) is 3.42. The van der Waals surface area contributed by atoms with E-state index in [1.807, 2.05) is 0 Å². The van der Waals surface area contributed by atoms with Gasteiger partial charge in [0.25, 0.3) is 0 Å². The van der Waals surface area contributed by atoms with Gasteiger partial charge < -0.3 is 75.1 Å². The van der Waals surface area contributed by atoms with Crippen molar-refractivity contribution in [1.82, 2.24) is 37.2 Å². The number of nitrogens with one attached hydrogen (secondary N) is 7. The number of benzene rings is 4. The van der Waals surface area contributed by atoms with E-state index in [0.717, 1.165) is 21.6 Å². The predicted molar refractivity (Wildman–Crippen MR) is 303 cm³/mol. The van der Waals surface area contributed by atoms with Crippen molar-refractivity contribution in [2.24, 2.45) is 22.9 Å². The molecule has 23 nitrogen and oxygen atoms in total. The molecule has 80 heavy (non-hydrogen) atoms. The molecule has 1 aliphatic rings. The van der Waals surface area contributed by atoms with Crippen molar-refractivity contribution in [1.29, 1.82) is 0 Å². The minimum atomic E-state index is -1.75. The number of primary amides is 2. The number of phenols is 1. The van der Waals surface area contributed by atoms with Gasteiger partial charge in [0.1, 0.15) is 53.8 Å². The Morgan fingerprint density at radius 3 is 1.77 bits per heavy atom. The number of carbonyl (C=O) groups is 9. The number of phenolic OH excluding ortho intramolecular Hbond substituents is 1. The third-order valence-electron chi connectivity index (χ3n) is 12.7. The minimum absolute atomic E-state index is 0.0355. The summed E-state index contributed by atoms with van der Waals surface area (Å²) in [6.45, 7) is 1.43. The van der Waals surface area contributed by atoms with Crippen molar-refractivity contribution < 1.29 is 58.1 Å². The van der Waals surface area contributed by atoms with Crippen LogP contribution < -0.4 is 64.9 Å². The average molecular weight is 1160 g/mol. The molecule has 1 saturated heterocycles. The molecule has 2 unspecified atom stereocenters. The molecule has 1 fully saturated rings. The number of amides is 9. The van der Waals surface area contributed by atoms with Gasteiger partial charge in [0.15, 0.2) is 0 Å².